The monoisotopic (exact) mass is 235 g/mol. The molecule has 2 rings (SSSR count). The molecule has 0 unspecified atom stereocenters. The second-order valence-electron chi connectivity index (χ2n) is 3.88. The number of carbonyl (C=O) groups excluding carboxylic acids is 1. The van der Waals surface area contributed by atoms with Crippen molar-refractivity contribution in [3.8, 4) is 0 Å². The summed E-state index contributed by atoms with van der Waals surface area (Å²) in [6, 6.07) is 6.15. The predicted molar refractivity (Wildman–Crippen MR) is 61.0 cm³/mol. The number of hydrogen-bond donors (Lipinski definition) is 2. The van der Waals surface area contributed by atoms with Crippen LogP contribution in [0.4, 0.5) is 5.69 Å². The predicted octanol–water partition coefficient (Wildman–Crippen LogP) is 1.50. The summed E-state index contributed by atoms with van der Waals surface area (Å²) < 4.78 is 5.24. The van der Waals surface area contributed by atoms with Crippen molar-refractivity contribution >= 4 is 17.6 Å². The quantitative estimate of drug-likeness (QED) is 0.832. The highest BCUT2D eigenvalue weighted by Crippen LogP contribution is 2.16. The zero-order valence-electron chi connectivity index (χ0n) is 9.18. The van der Waals surface area contributed by atoms with E-state index in [1.54, 1.807) is 12.1 Å². The first kappa shape index (κ1) is 11.6. The number of carbonyl (C=O) groups is 2. The lowest BCUT2D eigenvalue weighted by Gasteiger charge is -2.10. The average Bonchev–Trinajstić information content (AvgIpc) is 2.82. The molecule has 1 saturated heterocycles. The van der Waals surface area contributed by atoms with Gasteiger partial charge >= 0.3 is 5.97 Å². The second kappa shape index (κ2) is 4.97. The molecule has 1 atom stereocenters. The molecule has 1 aliphatic rings. The standard InChI is InChI=1S/C12H13NO4/c14-11(10-5-2-6-17-10)13-9-4-1-3-8(7-9)12(15)16/h1,3-4,7,10H,2,5-6H2,(H,13,14)(H,15,16)/t10-/m0/s1. The maximum atomic E-state index is 11.7. The van der Waals surface area contributed by atoms with Crippen LogP contribution in [0.5, 0.6) is 0 Å². The summed E-state index contributed by atoms with van der Waals surface area (Å²) in [4.78, 5) is 22.5. The maximum Gasteiger partial charge on any atom is 0.335 e. The summed E-state index contributed by atoms with van der Waals surface area (Å²) in [5.41, 5.74) is 0.626. The van der Waals surface area contributed by atoms with Crippen molar-refractivity contribution in [2.24, 2.45) is 0 Å². The number of anilines is 1. The summed E-state index contributed by atoms with van der Waals surface area (Å²) in [5.74, 6) is -1.23. The van der Waals surface area contributed by atoms with Gasteiger partial charge in [-0.3, -0.25) is 4.79 Å². The largest absolute Gasteiger partial charge is 0.478 e. The van der Waals surface area contributed by atoms with Crippen LogP contribution in [-0.2, 0) is 9.53 Å². The molecule has 1 fully saturated rings. The smallest absolute Gasteiger partial charge is 0.335 e. The molecule has 1 aliphatic heterocycles. The third kappa shape index (κ3) is 2.82. The molecule has 0 spiro atoms. The van der Waals surface area contributed by atoms with Crippen LogP contribution in [-0.4, -0.2) is 29.7 Å². The molecule has 0 bridgehead atoms. The van der Waals surface area contributed by atoms with E-state index in [2.05, 4.69) is 5.32 Å². The van der Waals surface area contributed by atoms with E-state index in [0.29, 0.717) is 18.7 Å². The average molecular weight is 235 g/mol. The fourth-order valence-electron chi connectivity index (χ4n) is 1.74. The highest BCUT2D eigenvalue weighted by Gasteiger charge is 2.23. The van der Waals surface area contributed by atoms with Gasteiger partial charge in [0.25, 0.3) is 5.91 Å². The summed E-state index contributed by atoms with van der Waals surface area (Å²) in [7, 11) is 0. The number of hydrogen-bond acceptors (Lipinski definition) is 3. The molecule has 0 saturated carbocycles. The van der Waals surface area contributed by atoms with E-state index < -0.39 is 12.1 Å². The molecule has 5 heteroatoms. The first-order chi connectivity index (χ1) is 8.16. The Hall–Kier alpha value is -1.88. The fraction of sp³-hybridized carbons (Fsp3) is 0.333. The van der Waals surface area contributed by atoms with Gasteiger partial charge in [-0.2, -0.15) is 0 Å². The number of carboxylic acid groups (broad SMARTS) is 1. The Balaban J connectivity index is 2.05. The Morgan fingerprint density at radius 1 is 1.41 bits per heavy atom. The number of aromatic carboxylic acids is 1. The van der Waals surface area contributed by atoms with Crippen LogP contribution in [0.2, 0.25) is 0 Å². The van der Waals surface area contributed by atoms with Crippen LogP contribution in [0.3, 0.4) is 0 Å². The minimum atomic E-state index is -1.02. The van der Waals surface area contributed by atoms with Gasteiger partial charge in [-0.05, 0) is 31.0 Å². The van der Waals surface area contributed by atoms with Gasteiger partial charge in [0.1, 0.15) is 6.10 Å². The topological polar surface area (TPSA) is 75.6 Å². The first-order valence-electron chi connectivity index (χ1n) is 5.42. The minimum absolute atomic E-state index is 0.148. The molecule has 5 nitrogen and oxygen atoms in total. The molecular weight excluding hydrogens is 222 g/mol. The molecule has 0 aliphatic carbocycles. The second-order valence-corrected chi connectivity index (χ2v) is 3.88. The van der Waals surface area contributed by atoms with E-state index in [4.69, 9.17) is 9.84 Å². The van der Waals surface area contributed by atoms with Gasteiger partial charge < -0.3 is 15.2 Å². The fourth-order valence-corrected chi connectivity index (χ4v) is 1.74. The van der Waals surface area contributed by atoms with E-state index in [0.717, 1.165) is 6.42 Å². The Morgan fingerprint density at radius 3 is 2.88 bits per heavy atom. The van der Waals surface area contributed by atoms with Crippen molar-refractivity contribution in [3.05, 3.63) is 29.8 Å². The molecule has 1 heterocycles. The number of carboxylic acids is 1. The summed E-state index contributed by atoms with van der Waals surface area (Å²) >= 11 is 0. The van der Waals surface area contributed by atoms with Crippen molar-refractivity contribution in [1.29, 1.82) is 0 Å². The number of rotatable bonds is 3. The third-order valence-corrected chi connectivity index (χ3v) is 2.60. The van der Waals surface area contributed by atoms with Gasteiger partial charge in [0.15, 0.2) is 0 Å². The van der Waals surface area contributed by atoms with Crippen LogP contribution < -0.4 is 5.32 Å². The Kier molecular flexibility index (Phi) is 3.39. The zero-order valence-corrected chi connectivity index (χ0v) is 9.18. The first-order valence-corrected chi connectivity index (χ1v) is 5.42. The lowest BCUT2D eigenvalue weighted by Crippen LogP contribution is -2.26. The van der Waals surface area contributed by atoms with Crippen LogP contribution in [0.1, 0.15) is 23.2 Å². The van der Waals surface area contributed by atoms with Crippen molar-refractivity contribution in [2.75, 3.05) is 11.9 Å². The Morgan fingerprint density at radius 2 is 2.24 bits per heavy atom. The molecule has 90 valence electrons. The SMILES string of the molecule is O=C(O)c1cccc(NC(=O)[C@@H]2CCCO2)c1. The molecule has 1 aromatic rings. The summed E-state index contributed by atoms with van der Waals surface area (Å²) in [6.07, 6.45) is 1.18. The van der Waals surface area contributed by atoms with Crippen molar-refractivity contribution in [2.45, 2.75) is 18.9 Å². The molecule has 0 radical (unpaired) electrons. The van der Waals surface area contributed by atoms with E-state index in [9.17, 15) is 9.59 Å². The molecule has 17 heavy (non-hydrogen) atoms. The highest BCUT2D eigenvalue weighted by molar-refractivity contribution is 5.96. The van der Waals surface area contributed by atoms with Gasteiger partial charge in [0.2, 0.25) is 0 Å². The van der Waals surface area contributed by atoms with Gasteiger partial charge in [-0.1, -0.05) is 6.07 Å². The van der Waals surface area contributed by atoms with Crippen molar-refractivity contribution in [3.63, 3.8) is 0 Å². The van der Waals surface area contributed by atoms with Gasteiger partial charge in [0.05, 0.1) is 5.56 Å². The molecule has 1 amide bonds. The van der Waals surface area contributed by atoms with Gasteiger partial charge in [-0.25, -0.2) is 4.79 Å². The summed E-state index contributed by atoms with van der Waals surface area (Å²) in [5, 5.41) is 11.5. The van der Waals surface area contributed by atoms with Crippen LogP contribution in [0.25, 0.3) is 0 Å². The number of benzene rings is 1. The number of ether oxygens (including phenoxy) is 1. The Labute approximate surface area is 98.4 Å². The van der Waals surface area contributed by atoms with Gasteiger partial charge in [-0.15, -0.1) is 0 Å². The lowest BCUT2D eigenvalue weighted by atomic mass is 10.2. The van der Waals surface area contributed by atoms with Crippen molar-refractivity contribution < 1.29 is 19.4 Å². The molecule has 1 aromatic carbocycles. The van der Waals surface area contributed by atoms with Gasteiger partial charge in [0, 0.05) is 12.3 Å². The van der Waals surface area contributed by atoms with Crippen molar-refractivity contribution in [1.82, 2.24) is 0 Å². The minimum Gasteiger partial charge on any atom is -0.478 e. The van der Waals surface area contributed by atoms with E-state index in [1.165, 1.54) is 12.1 Å². The molecule has 0 aromatic heterocycles. The Bertz CT molecular complexity index is 438. The van der Waals surface area contributed by atoms with Crippen LogP contribution in [0, 0.1) is 0 Å². The number of nitrogens with one attached hydrogen (secondary N) is 1. The highest BCUT2D eigenvalue weighted by atomic mass is 16.5. The van der Waals surface area contributed by atoms with E-state index >= 15 is 0 Å². The summed E-state index contributed by atoms with van der Waals surface area (Å²) in [6.45, 7) is 0.604. The van der Waals surface area contributed by atoms with Crippen LogP contribution in [0.15, 0.2) is 24.3 Å². The molecule has 2 N–H and O–H groups in total. The normalized spacial score (nSPS) is 18.9. The lowest BCUT2D eigenvalue weighted by molar-refractivity contribution is -0.124. The third-order valence-electron chi connectivity index (χ3n) is 2.60. The maximum absolute atomic E-state index is 11.7. The van der Waals surface area contributed by atoms with E-state index in [-0.39, 0.29) is 11.5 Å². The zero-order chi connectivity index (χ0) is 12.3. The molecular formula is C12H13NO4. The van der Waals surface area contributed by atoms with E-state index in [1.807, 2.05) is 0 Å². The van der Waals surface area contributed by atoms with Crippen LogP contribution >= 0.6 is 0 Å². The number of amides is 1.